The number of methoxy groups -OCH3 is 1. The maximum Gasteiger partial charge on any atom is 0.172 e. The molecule has 0 heterocycles. The first-order chi connectivity index (χ1) is 9.20. The Hall–Kier alpha value is -0.670. The minimum atomic E-state index is 0.146. The van der Waals surface area contributed by atoms with Crippen LogP contribution in [0.4, 0.5) is 0 Å². The standard InChI is InChI=1S/C15H19ClO2S/c1-18-15-7-6-12(8-13(15)16)14(17)10-19-9-11-4-2-3-5-11/h6-8,11H,2-5,9-10H2,1H3. The first-order valence-corrected chi connectivity index (χ1v) is 8.18. The molecule has 4 heteroatoms. The molecule has 1 aromatic rings. The SMILES string of the molecule is COc1ccc(C(=O)CSCC2CCCC2)cc1Cl. The summed E-state index contributed by atoms with van der Waals surface area (Å²) in [7, 11) is 1.57. The average Bonchev–Trinajstić information content (AvgIpc) is 2.91. The van der Waals surface area contributed by atoms with E-state index in [-0.39, 0.29) is 5.78 Å². The van der Waals surface area contributed by atoms with Crippen LogP contribution in [0.15, 0.2) is 18.2 Å². The zero-order valence-electron chi connectivity index (χ0n) is 11.2. The lowest BCUT2D eigenvalue weighted by molar-refractivity contribution is 0.102. The Morgan fingerprint density at radius 1 is 1.42 bits per heavy atom. The number of benzene rings is 1. The molecule has 1 aliphatic rings. The summed E-state index contributed by atoms with van der Waals surface area (Å²) in [5.41, 5.74) is 0.671. The van der Waals surface area contributed by atoms with E-state index in [0.29, 0.717) is 22.1 Å². The molecule has 0 atom stereocenters. The zero-order valence-corrected chi connectivity index (χ0v) is 12.7. The van der Waals surface area contributed by atoms with E-state index < -0.39 is 0 Å². The summed E-state index contributed by atoms with van der Waals surface area (Å²) in [6.07, 6.45) is 5.37. The van der Waals surface area contributed by atoms with Crippen LogP contribution in [0, 0.1) is 5.92 Å². The average molecular weight is 299 g/mol. The topological polar surface area (TPSA) is 26.3 Å². The third-order valence-electron chi connectivity index (χ3n) is 3.54. The highest BCUT2D eigenvalue weighted by atomic mass is 35.5. The third-order valence-corrected chi connectivity index (χ3v) is 5.00. The number of carbonyl (C=O) groups is 1. The van der Waals surface area contributed by atoms with Gasteiger partial charge in [0.1, 0.15) is 5.75 Å². The molecule has 0 aliphatic heterocycles. The van der Waals surface area contributed by atoms with Crippen LogP contribution in [0.1, 0.15) is 36.0 Å². The van der Waals surface area contributed by atoms with Gasteiger partial charge in [-0.05, 0) is 42.7 Å². The number of Topliss-reactive ketones (excluding diaryl/α,β-unsaturated/α-hetero) is 1. The van der Waals surface area contributed by atoms with Crippen LogP contribution in [0.2, 0.25) is 5.02 Å². The van der Waals surface area contributed by atoms with E-state index in [4.69, 9.17) is 16.3 Å². The molecule has 0 N–H and O–H groups in total. The number of ketones is 1. The van der Waals surface area contributed by atoms with Gasteiger partial charge in [-0.25, -0.2) is 0 Å². The van der Waals surface area contributed by atoms with Crippen LogP contribution in [-0.2, 0) is 0 Å². The van der Waals surface area contributed by atoms with Crippen molar-refractivity contribution in [2.24, 2.45) is 5.92 Å². The van der Waals surface area contributed by atoms with Gasteiger partial charge >= 0.3 is 0 Å². The quantitative estimate of drug-likeness (QED) is 0.726. The van der Waals surface area contributed by atoms with Gasteiger partial charge in [0.2, 0.25) is 0 Å². The molecule has 1 fully saturated rings. The Labute approximate surface area is 123 Å². The smallest absolute Gasteiger partial charge is 0.172 e. The Morgan fingerprint density at radius 2 is 2.16 bits per heavy atom. The zero-order chi connectivity index (χ0) is 13.7. The van der Waals surface area contributed by atoms with Gasteiger partial charge < -0.3 is 4.74 Å². The van der Waals surface area contributed by atoms with Gasteiger partial charge in [-0.15, -0.1) is 0 Å². The van der Waals surface area contributed by atoms with Crippen molar-refractivity contribution in [3.05, 3.63) is 28.8 Å². The van der Waals surface area contributed by atoms with Crippen molar-refractivity contribution in [3.8, 4) is 5.75 Å². The first kappa shape index (κ1) is 14.7. The highest BCUT2D eigenvalue weighted by molar-refractivity contribution is 7.99. The number of hydrogen-bond donors (Lipinski definition) is 0. The number of carbonyl (C=O) groups excluding carboxylic acids is 1. The number of halogens is 1. The molecule has 2 nitrogen and oxygen atoms in total. The lowest BCUT2D eigenvalue weighted by Gasteiger charge is -2.08. The lowest BCUT2D eigenvalue weighted by Crippen LogP contribution is -2.05. The summed E-state index contributed by atoms with van der Waals surface area (Å²) >= 11 is 7.77. The molecule has 0 amide bonds. The molecule has 1 aromatic carbocycles. The largest absolute Gasteiger partial charge is 0.495 e. The van der Waals surface area contributed by atoms with E-state index in [0.717, 1.165) is 11.7 Å². The predicted octanol–water partition coefficient (Wildman–Crippen LogP) is 4.45. The first-order valence-electron chi connectivity index (χ1n) is 6.65. The molecule has 1 saturated carbocycles. The van der Waals surface area contributed by atoms with Crippen molar-refractivity contribution in [3.63, 3.8) is 0 Å². The summed E-state index contributed by atoms with van der Waals surface area (Å²) in [4.78, 5) is 12.1. The Morgan fingerprint density at radius 3 is 2.79 bits per heavy atom. The summed E-state index contributed by atoms with van der Waals surface area (Å²) in [5.74, 6) is 3.22. The highest BCUT2D eigenvalue weighted by Crippen LogP contribution is 2.29. The van der Waals surface area contributed by atoms with E-state index in [9.17, 15) is 4.79 Å². The molecular formula is C15H19ClO2S. The van der Waals surface area contributed by atoms with E-state index in [2.05, 4.69) is 0 Å². The normalized spacial score (nSPS) is 15.7. The molecule has 0 bridgehead atoms. The molecule has 0 unspecified atom stereocenters. The number of hydrogen-bond acceptors (Lipinski definition) is 3. The van der Waals surface area contributed by atoms with Crippen LogP contribution in [0.25, 0.3) is 0 Å². The summed E-state index contributed by atoms with van der Waals surface area (Å²) in [6.45, 7) is 0. The van der Waals surface area contributed by atoms with Gasteiger partial charge in [-0.1, -0.05) is 24.4 Å². The minimum absolute atomic E-state index is 0.146. The van der Waals surface area contributed by atoms with Gasteiger partial charge in [0.15, 0.2) is 5.78 Å². The van der Waals surface area contributed by atoms with Gasteiger partial charge in [-0.2, -0.15) is 11.8 Å². The van der Waals surface area contributed by atoms with Crippen molar-refractivity contribution in [2.45, 2.75) is 25.7 Å². The highest BCUT2D eigenvalue weighted by Gasteiger charge is 2.16. The maximum atomic E-state index is 12.1. The predicted molar refractivity (Wildman–Crippen MR) is 81.6 cm³/mol. The van der Waals surface area contributed by atoms with Crippen LogP contribution < -0.4 is 4.74 Å². The molecule has 0 radical (unpaired) electrons. The molecule has 1 aliphatic carbocycles. The van der Waals surface area contributed by atoms with E-state index in [1.807, 2.05) is 0 Å². The second-order valence-corrected chi connectivity index (χ2v) is 6.38. The van der Waals surface area contributed by atoms with Crippen molar-refractivity contribution in [2.75, 3.05) is 18.6 Å². The molecule has 104 valence electrons. The van der Waals surface area contributed by atoms with Crippen LogP contribution in [-0.4, -0.2) is 24.4 Å². The second-order valence-electron chi connectivity index (χ2n) is 4.94. The minimum Gasteiger partial charge on any atom is -0.495 e. The Kier molecular flexibility index (Phi) is 5.59. The summed E-state index contributed by atoms with van der Waals surface area (Å²) in [5, 5.41) is 0.495. The fourth-order valence-corrected chi connectivity index (χ4v) is 3.81. The van der Waals surface area contributed by atoms with E-state index in [1.54, 1.807) is 37.1 Å². The summed E-state index contributed by atoms with van der Waals surface area (Å²) in [6, 6.07) is 5.22. The summed E-state index contributed by atoms with van der Waals surface area (Å²) < 4.78 is 5.08. The molecule has 0 saturated heterocycles. The number of ether oxygens (including phenoxy) is 1. The lowest BCUT2D eigenvalue weighted by atomic mass is 10.1. The Balaban J connectivity index is 1.83. The second kappa shape index (κ2) is 7.20. The van der Waals surface area contributed by atoms with Gasteiger partial charge in [0.25, 0.3) is 0 Å². The molecule has 2 rings (SSSR count). The maximum absolute atomic E-state index is 12.1. The van der Waals surface area contributed by atoms with Gasteiger partial charge in [0.05, 0.1) is 17.9 Å². The van der Waals surface area contributed by atoms with Crippen molar-refractivity contribution < 1.29 is 9.53 Å². The molecular weight excluding hydrogens is 280 g/mol. The van der Waals surface area contributed by atoms with Gasteiger partial charge in [-0.3, -0.25) is 4.79 Å². The van der Waals surface area contributed by atoms with E-state index >= 15 is 0 Å². The van der Waals surface area contributed by atoms with Crippen molar-refractivity contribution in [1.82, 2.24) is 0 Å². The molecule has 0 aromatic heterocycles. The Bertz CT molecular complexity index is 442. The molecule has 19 heavy (non-hydrogen) atoms. The monoisotopic (exact) mass is 298 g/mol. The fraction of sp³-hybridized carbons (Fsp3) is 0.533. The number of thioether (sulfide) groups is 1. The van der Waals surface area contributed by atoms with Gasteiger partial charge in [0, 0.05) is 5.56 Å². The van der Waals surface area contributed by atoms with Crippen LogP contribution in [0.5, 0.6) is 5.75 Å². The fourth-order valence-electron chi connectivity index (χ4n) is 2.42. The van der Waals surface area contributed by atoms with Crippen LogP contribution >= 0.6 is 23.4 Å². The van der Waals surface area contributed by atoms with Crippen molar-refractivity contribution >= 4 is 29.1 Å². The third kappa shape index (κ3) is 4.15. The molecule has 0 spiro atoms. The number of rotatable bonds is 6. The van der Waals surface area contributed by atoms with Crippen LogP contribution in [0.3, 0.4) is 0 Å². The van der Waals surface area contributed by atoms with E-state index in [1.165, 1.54) is 25.7 Å². The van der Waals surface area contributed by atoms with Crippen molar-refractivity contribution in [1.29, 1.82) is 0 Å².